The molecule has 1 atom stereocenters. The van der Waals surface area contributed by atoms with Gasteiger partial charge >= 0.3 is 0 Å². The molecule has 1 unspecified atom stereocenters. The molecule has 1 aromatic rings. The van der Waals surface area contributed by atoms with Crippen molar-refractivity contribution in [3.63, 3.8) is 0 Å². The lowest BCUT2D eigenvalue weighted by Crippen LogP contribution is -2.43. The predicted octanol–water partition coefficient (Wildman–Crippen LogP) is 3.01. The first-order valence-electron chi connectivity index (χ1n) is 7.34. The monoisotopic (exact) mass is 294 g/mol. The lowest BCUT2D eigenvalue weighted by Gasteiger charge is -2.28. The lowest BCUT2D eigenvalue weighted by molar-refractivity contribution is -0.126. The second-order valence-corrected chi connectivity index (χ2v) is 6.26. The van der Waals surface area contributed by atoms with E-state index in [1.165, 1.54) is 0 Å². The van der Waals surface area contributed by atoms with Crippen LogP contribution in [-0.2, 0) is 10.2 Å². The molecule has 1 amide bonds. The van der Waals surface area contributed by atoms with Gasteiger partial charge in [-0.25, -0.2) is 0 Å². The molecule has 0 bridgehead atoms. The number of nitrogens with one attached hydrogen (secondary N) is 1. The average molecular weight is 295 g/mol. The van der Waals surface area contributed by atoms with Crippen molar-refractivity contribution in [2.75, 3.05) is 6.54 Å². The van der Waals surface area contributed by atoms with Crippen molar-refractivity contribution in [1.82, 2.24) is 5.32 Å². The molecule has 1 saturated carbocycles. The van der Waals surface area contributed by atoms with Gasteiger partial charge in [0.1, 0.15) is 0 Å². The van der Waals surface area contributed by atoms with Gasteiger partial charge in [-0.1, -0.05) is 36.6 Å². The highest BCUT2D eigenvalue weighted by molar-refractivity contribution is 6.30. The summed E-state index contributed by atoms with van der Waals surface area (Å²) >= 11 is 6.09. The predicted molar refractivity (Wildman–Crippen MR) is 82.9 cm³/mol. The molecule has 1 fully saturated rings. The molecule has 2 rings (SSSR count). The molecule has 0 aliphatic heterocycles. The molecule has 3 N–H and O–H groups in total. The molecule has 1 aliphatic carbocycles. The summed E-state index contributed by atoms with van der Waals surface area (Å²) in [7, 11) is 0. The number of carbonyl (C=O) groups excluding carboxylic acids is 1. The number of halogens is 1. The van der Waals surface area contributed by atoms with E-state index in [0.29, 0.717) is 11.6 Å². The minimum Gasteiger partial charge on any atom is -0.355 e. The van der Waals surface area contributed by atoms with Gasteiger partial charge in [0, 0.05) is 17.6 Å². The molecule has 3 nitrogen and oxygen atoms in total. The minimum atomic E-state index is -0.400. The highest BCUT2D eigenvalue weighted by Crippen LogP contribution is 2.42. The van der Waals surface area contributed by atoms with E-state index in [4.69, 9.17) is 17.3 Å². The molecule has 1 aliphatic rings. The van der Waals surface area contributed by atoms with Crippen LogP contribution in [0.3, 0.4) is 0 Å². The van der Waals surface area contributed by atoms with E-state index in [2.05, 4.69) is 5.32 Å². The first-order valence-corrected chi connectivity index (χ1v) is 7.72. The van der Waals surface area contributed by atoms with E-state index in [-0.39, 0.29) is 11.9 Å². The Labute approximate surface area is 125 Å². The van der Waals surface area contributed by atoms with Gasteiger partial charge in [0.05, 0.1) is 5.41 Å². The first-order chi connectivity index (χ1) is 9.54. The number of carbonyl (C=O) groups is 1. The normalized spacial score (nSPS) is 18.8. The zero-order chi connectivity index (χ0) is 14.6. The van der Waals surface area contributed by atoms with Gasteiger partial charge in [-0.2, -0.15) is 0 Å². The summed E-state index contributed by atoms with van der Waals surface area (Å²) in [6.45, 7) is 2.59. The van der Waals surface area contributed by atoms with Crippen LogP contribution < -0.4 is 11.1 Å². The summed E-state index contributed by atoms with van der Waals surface area (Å²) in [5.74, 6) is 0.123. The number of rotatable bonds is 5. The molecule has 1 aromatic carbocycles. The standard InChI is InChI=1S/C16H23ClN2O/c1-12(18)7-10-19-15(20)16(8-2-3-9-16)13-5-4-6-14(17)11-13/h4-6,11-12H,2-3,7-10,18H2,1H3,(H,19,20). The van der Waals surface area contributed by atoms with Crippen LogP contribution in [0.25, 0.3) is 0 Å². The van der Waals surface area contributed by atoms with Gasteiger partial charge < -0.3 is 11.1 Å². The summed E-state index contributed by atoms with van der Waals surface area (Å²) in [4.78, 5) is 12.7. The first kappa shape index (κ1) is 15.3. The maximum absolute atomic E-state index is 12.7. The van der Waals surface area contributed by atoms with Crippen LogP contribution in [-0.4, -0.2) is 18.5 Å². The Morgan fingerprint density at radius 2 is 2.15 bits per heavy atom. The highest BCUT2D eigenvalue weighted by Gasteiger charge is 2.42. The van der Waals surface area contributed by atoms with Crippen molar-refractivity contribution >= 4 is 17.5 Å². The number of benzene rings is 1. The molecule has 110 valence electrons. The topological polar surface area (TPSA) is 55.1 Å². The van der Waals surface area contributed by atoms with Crippen molar-refractivity contribution in [2.45, 2.75) is 50.5 Å². The summed E-state index contributed by atoms with van der Waals surface area (Å²) in [6.07, 6.45) is 4.78. The van der Waals surface area contributed by atoms with Crippen LogP contribution in [0.15, 0.2) is 24.3 Å². The van der Waals surface area contributed by atoms with Crippen LogP contribution in [0, 0.1) is 0 Å². The van der Waals surface area contributed by atoms with E-state index in [1.54, 1.807) is 0 Å². The van der Waals surface area contributed by atoms with Gasteiger partial charge in [-0.05, 0) is 43.9 Å². The van der Waals surface area contributed by atoms with Crippen LogP contribution in [0.1, 0.15) is 44.6 Å². The minimum absolute atomic E-state index is 0.112. The van der Waals surface area contributed by atoms with Crippen molar-refractivity contribution in [1.29, 1.82) is 0 Å². The second-order valence-electron chi connectivity index (χ2n) is 5.82. The zero-order valence-electron chi connectivity index (χ0n) is 12.0. The maximum atomic E-state index is 12.7. The van der Waals surface area contributed by atoms with Crippen molar-refractivity contribution in [3.05, 3.63) is 34.9 Å². The fourth-order valence-electron chi connectivity index (χ4n) is 2.99. The fraction of sp³-hybridized carbons (Fsp3) is 0.562. The van der Waals surface area contributed by atoms with E-state index in [0.717, 1.165) is 37.7 Å². The highest BCUT2D eigenvalue weighted by atomic mass is 35.5. The molecule has 0 heterocycles. The number of amides is 1. The van der Waals surface area contributed by atoms with Gasteiger partial charge in [0.15, 0.2) is 0 Å². The maximum Gasteiger partial charge on any atom is 0.230 e. The Kier molecular flexibility index (Phi) is 5.06. The molecule has 0 radical (unpaired) electrons. The van der Waals surface area contributed by atoms with E-state index in [1.807, 2.05) is 31.2 Å². The molecule has 20 heavy (non-hydrogen) atoms. The SMILES string of the molecule is CC(N)CCNC(=O)C1(c2cccc(Cl)c2)CCCC1. The van der Waals surface area contributed by atoms with E-state index >= 15 is 0 Å². The molecule has 0 spiro atoms. The molecule has 0 saturated heterocycles. The average Bonchev–Trinajstić information content (AvgIpc) is 2.88. The quantitative estimate of drug-likeness (QED) is 0.877. The summed E-state index contributed by atoms with van der Waals surface area (Å²) < 4.78 is 0. The summed E-state index contributed by atoms with van der Waals surface area (Å²) in [5, 5.41) is 3.74. The zero-order valence-corrected chi connectivity index (χ0v) is 12.7. The van der Waals surface area contributed by atoms with E-state index in [9.17, 15) is 4.79 Å². The van der Waals surface area contributed by atoms with Crippen LogP contribution in [0.5, 0.6) is 0 Å². The second kappa shape index (κ2) is 6.59. The smallest absolute Gasteiger partial charge is 0.230 e. The lowest BCUT2D eigenvalue weighted by atomic mass is 9.78. The fourth-order valence-corrected chi connectivity index (χ4v) is 3.18. The number of hydrogen-bond acceptors (Lipinski definition) is 2. The molecule has 0 aromatic heterocycles. The third-order valence-electron chi connectivity index (χ3n) is 4.15. The van der Waals surface area contributed by atoms with Crippen LogP contribution >= 0.6 is 11.6 Å². The third kappa shape index (κ3) is 3.33. The van der Waals surface area contributed by atoms with Gasteiger partial charge in [-0.3, -0.25) is 4.79 Å². The Balaban J connectivity index is 2.15. The van der Waals surface area contributed by atoms with Crippen molar-refractivity contribution in [2.24, 2.45) is 5.73 Å². The number of hydrogen-bond donors (Lipinski definition) is 2. The Morgan fingerprint density at radius 1 is 1.45 bits per heavy atom. The largest absolute Gasteiger partial charge is 0.355 e. The Bertz CT molecular complexity index is 467. The van der Waals surface area contributed by atoms with Crippen LogP contribution in [0.2, 0.25) is 5.02 Å². The summed E-state index contributed by atoms with van der Waals surface area (Å²) in [5.41, 5.74) is 6.37. The molecular formula is C16H23ClN2O. The van der Waals surface area contributed by atoms with Crippen molar-refractivity contribution in [3.8, 4) is 0 Å². The van der Waals surface area contributed by atoms with Gasteiger partial charge in [-0.15, -0.1) is 0 Å². The molecule has 4 heteroatoms. The summed E-state index contributed by atoms with van der Waals surface area (Å²) in [6, 6.07) is 7.83. The van der Waals surface area contributed by atoms with E-state index < -0.39 is 5.41 Å². The van der Waals surface area contributed by atoms with Crippen molar-refractivity contribution < 1.29 is 4.79 Å². The number of nitrogens with two attached hydrogens (primary N) is 1. The Hall–Kier alpha value is -1.06. The van der Waals surface area contributed by atoms with Gasteiger partial charge in [0.25, 0.3) is 0 Å². The Morgan fingerprint density at radius 3 is 2.75 bits per heavy atom. The van der Waals surface area contributed by atoms with Gasteiger partial charge in [0.2, 0.25) is 5.91 Å². The van der Waals surface area contributed by atoms with Crippen LogP contribution in [0.4, 0.5) is 0 Å². The third-order valence-corrected chi connectivity index (χ3v) is 4.39. The molecular weight excluding hydrogens is 272 g/mol.